The van der Waals surface area contributed by atoms with E-state index in [1.165, 1.54) is 24.3 Å². The van der Waals surface area contributed by atoms with Crippen molar-refractivity contribution in [2.45, 2.75) is 17.7 Å². The molecule has 190 valence electrons. The van der Waals surface area contributed by atoms with Crippen LogP contribution in [0.1, 0.15) is 33.7 Å². The molecule has 1 unspecified atom stereocenters. The van der Waals surface area contributed by atoms with Crippen molar-refractivity contribution in [3.8, 4) is 0 Å². The number of sulfonamides is 1. The third-order valence-electron chi connectivity index (χ3n) is 6.56. The van der Waals surface area contributed by atoms with Crippen molar-refractivity contribution in [2.24, 2.45) is 10.9 Å². The summed E-state index contributed by atoms with van der Waals surface area (Å²) in [4.78, 5) is 37.8. The number of carbonyl (C=O) groups is 2. The van der Waals surface area contributed by atoms with E-state index in [4.69, 9.17) is 0 Å². The molecule has 2 aliphatic heterocycles. The van der Waals surface area contributed by atoms with Crippen LogP contribution < -0.4 is 4.72 Å². The summed E-state index contributed by atoms with van der Waals surface area (Å²) in [6.45, 7) is 1.83. The Labute approximate surface area is 216 Å². The van der Waals surface area contributed by atoms with Gasteiger partial charge >= 0.3 is 0 Å². The SMILES string of the molecule is O=C(c1ccc(S(=O)(=O)NC2=C3N=CC=CC3CC=C2)cc1)N1CCCN(C(=O)c2ccccn2)CC1. The highest BCUT2D eigenvalue weighted by Crippen LogP contribution is 2.29. The van der Waals surface area contributed by atoms with Crippen LogP contribution in [0.15, 0.2) is 94.2 Å². The molecule has 0 saturated carbocycles. The van der Waals surface area contributed by atoms with Gasteiger partial charge in [0.15, 0.2) is 0 Å². The van der Waals surface area contributed by atoms with E-state index in [0.717, 1.165) is 6.42 Å². The summed E-state index contributed by atoms with van der Waals surface area (Å²) in [5.74, 6) is -0.297. The fraction of sp³-hybridized carbons (Fsp3) is 0.259. The molecule has 5 rings (SSSR count). The lowest BCUT2D eigenvalue weighted by Gasteiger charge is -2.23. The van der Waals surface area contributed by atoms with E-state index in [2.05, 4.69) is 14.7 Å². The van der Waals surface area contributed by atoms with E-state index in [9.17, 15) is 18.0 Å². The number of dihydropyridines is 1. The molecule has 9 nitrogen and oxygen atoms in total. The van der Waals surface area contributed by atoms with Gasteiger partial charge in [-0.3, -0.25) is 24.3 Å². The smallest absolute Gasteiger partial charge is 0.272 e. The molecule has 1 fully saturated rings. The zero-order valence-electron chi connectivity index (χ0n) is 20.2. The standard InChI is InChI=1S/C27H27N5O4S/c33-26(31-16-5-17-32(19-18-31)27(34)24-8-1-2-14-28-24)21-10-12-22(13-11-21)37(35,36)30-23-9-3-6-20-7-4-15-29-25(20)23/h1-4,7-15,20,30H,5-6,16-19H2. The van der Waals surface area contributed by atoms with Crippen molar-refractivity contribution in [3.63, 3.8) is 0 Å². The van der Waals surface area contributed by atoms with E-state index in [-0.39, 0.29) is 22.6 Å². The van der Waals surface area contributed by atoms with Gasteiger partial charge in [0.05, 0.1) is 16.3 Å². The highest BCUT2D eigenvalue weighted by atomic mass is 32.2. The molecule has 1 aromatic carbocycles. The minimum Gasteiger partial charge on any atom is -0.337 e. The summed E-state index contributed by atoms with van der Waals surface area (Å²) in [6, 6.07) is 11.1. The number of pyridine rings is 1. The van der Waals surface area contributed by atoms with Gasteiger partial charge in [-0.05, 0) is 61.4 Å². The molecular weight excluding hydrogens is 490 g/mol. The lowest BCUT2D eigenvalue weighted by Crippen LogP contribution is -2.37. The Morgan fingerprint density at radius 2 is 1.70 bits per heavy atom. The second-order valence-corrected chi connectivity index (χ2v) is 10.7. The maximum absolute atomic E-state index is 13.1. The number of amides is 2. The van der Waals surface area contributed by atoms with Gasteiger partial charge in [0, 0.05) is 50.1 Å². The first-order chi connectivity index (χ1) is 17.9. The zero-order chi connectivity index (χ0) is 25.8. The molecule has 1 aliphatic carbocycles. The Morgan fingerprint density at radius 1 is 0.946 bits per heavy atom. The van der Waals surface area contributed by atoms with Gasteiger partial charge in [-0.15, -0.1) is 0 Å². The lowest BCUT2D eigenvalue weighted by molar-refractivity contribution is 0.0715. The molecule has 1 atom stereocenters. The summed E-state index contributed by atoms with van der Waals surface area (Å²) >= 11 is 0. The zero-order valence-corrected chi connectivity index (χ0v) is 21.0. The summed E-state index contributed by atoms with van der Waals surface area (Å²) < 4.78 is 28.7. The van der Waals surface area contributed by atoms with Crippen LogP contribution in [-0.4, -0.2) is 67.4 Å². The van der Waals surface area contributed by atoms with Crippen molar-refractivity contribution in [3.05, 3.63) is 95.6 Å². The Morgan fingerprint density at radius 3 is 2.43 bits per heavy atom. The maximum Gasteiger partial charge on any atom is 0.272 e. The number of aliphatic imine (C=N–C) groups is 1. The van der Waals surface area contributed by atoms with Gasteiger partial charge in [-0.2, -0.15) is 0 Å². The molecule has 0 radical (unpaired) electrons. The lowest BCUT2D eigenvalue weighted by atomic mass is 9.94. The molecule has 0 spiro atoms. The maximum atomic E-state index is 13.1. The van der Waals surface area contributed by atoms with Gasteiger partial charge in [0.1, 0.15) is 5.69 Å². The normalized spacial score (nSPS) is 19.4. The highest BCUT2D eigenvalue weighted by molar-refractivity contribution is 7.89. The molecule has 3 aliphatic rings. The molecule has 2 amide bonds. The number of hydrogen-bond acceptors (Lipinski definition) is 6. The number of allylic oxidation sites excluding steroid dienone is 4. The number of nitrogens with one attached hydrogen (secondary N) is 1. The van der Waals surface area contributed by atoms with Gasteiger partial charge in [0.2, 0.25) is 0 Å². The Bertz CT molecular complexity index is 1410. The van der Waals surface area contributed by atoms with Crippen LogP contribution in [0.2, 0.25) is 0 Å². The molecule has 2 aromatic rings. The monoisotopic (exact) mass is 517 g/mol. The molecular formula is C27H27N5O4S. The molecule has 10 heteroatoms. The third kappa shape index (κ3) is 5.39. The minimum absolute atomic E-state index is 0.0523. The van der Waals surface area contributed by atoms with Crippen LogP contribution in [0.3, 0.4) is 0 Å². The molecule has 1 saturated heterocycles. The van der Waals surface area contributed by atoms with Crippen LogP contribution in [0.4, 0.5) is 0 Å². The van der Waals surface area contributed by atoms with Crippen LogP contribution in [0.25, 0.3) is 0 Å². The van der Waals surface area contributed by atoms with Crippen molar-refractivity contribution < 1.29 is 18.0 Å². The molecule has 1 aromatic heterocycles. The van der Waals surface area contributed by atoms with Gasteiger partial charge < -0.3 is 9.80 Å². The van der Waals surface area contributed by atoms with Crippen LogP contribution in [-0.2, 0) is 10.0 Å². The summed E-state index contributed by atoms with van der Waals surface area (Å²) in [5, 5.41) is 0. The number of aromatic nitrogens is 1. The number of hydrogen-bond donors (Lipinski definition) is 1. The van der Waals surface area contributed by atoms with Gasteiger partial charge in [0.25, 0.3) is 21.8 Å². The Kier molecular flexibility index (Phi) is 7.00. The molecule has 1 N–H and O–H groups in total. The van der Waals surface area contributed by atoms with E-state index in [0.29, 0.717) is 55.3 Å². The summed E-state index contributed by atoms with van der Waals surface area (Å²) in [5.41, 5.74) is 1.92. The first-order valence-electron chi connectivity index (χ1n) is 12.2. The largest absolute Gasteiger partial charge is 0.337 e. The fourth-order valence-electron chi connectivity index (χ4n) is 4.60. The topological polar surface area (TPSA) is 112 Å². The average molecular weight is 518 g/mol. The van der Waals surface area contributed by atoms with Gasteiger partial charge in [-0.1, -0.05) is 18.2 Å². The second-order valence-electron chi connectivity index (χ2n) is 8.99. The van der Waals surface area contributed by atoms with Crippen molar-refractivity contribution in [2.75, 3.05) is 26.2 Å². The number of benzene rings is 1. The minimum atomic E-state index is -3.86. The van der Waals surface area contributed by atoms with Crippen molar-refractivity contribution in [1.29, 1.82) is 0 Å². The molecule has 37 heavy (non-hydrogen) atoms. The van der Waals surface area contributed by atoms with Gasteiger partial charge in [-0.25, -0.2) is 8.42 Å². The van der Waals surface area contributed by atoms with E-state index < -0.39 is 10.0 Å². The van der Waals surface area contributed by atoms with Crippen LogP contribution in [0, 0.1) is 5.92 Å². The number of carbonyl (C=O) groups excluding carboxylic acids is 2. The van der Waals surface area contributed by atoms with Crippen LogP contribution >= 0.6 is 0 Å². The van der Waals surface area contributed by atoms with E-state index in [1.54, 1.807) is 46.5 Å². The molecule has 0 bridgehead atoms. The summed E-state index contributed by atoms with van der Waals surface area (Å²) in [6.07, 6.45) is 12.2. The average Bonchev–Trinajstić information content (AvgIpc) is 3.19. The number of fused-ring (bicyclic) bond motifs is 1. The summed E-state index contributed by atoms with van der Waals surface area (Å²) in [7, 11) is -3.86. The Balaban J connectivity index is 1.24. The van der Waals surface area contributed by atoms with Crippen LogP contribution in [0.5, 0.6) is 0 Å². The van der Waals surface area contributed by atoms with Crippen molar-refractivity contribution in [1.82, 2.24) is 19.5 Å². The predicted molar refractivity (Wildman–Crippen MR) is 139 cm³/mol. The van der Waals surface area contributed by atoms with E-state index >= 15 is 0 Å². The first kappa shape index (κ1) is 24.6. The predicted octanol–water partition coefficient (Wildman–Crippen LogP) is 2.78. The highest BCUT2D eigenvalue weighted by Gasteiger charge is 2.26. The molecule has 3 heterocycles. The fourth-order valence-corrected chi connectivity index (χ4v) is 5.67. The first-order valence-corrected chi connectivity index (χ1v) is 13.6. The number of nitrogens with zero attached hydrogens (tertiary/aromatic N) is 4. The van der Waals surface area contributed by atoms with Crippen molar-refractivity contribution >= 4 is 28.1 Å². The second kappa shape index (κ2) is 10.5. The third-order valence-corrected chi connectivity index (χ3v) is 7.94. The quantitative estimate of drug-likeness (QED) is 0.656. The Hall–Kier alpha value is -4.05. The van der Waals surface area contributed by atoms with E-state index in [1.807, 2.05) is 18.2 Å². The number of rotatable bonds is 5.